The molecule has 0 heterocycles. The standard InChI is InChI=1S/C6H11NO3/c1-5(8)3-7(2)4-6(9)10/h8H,1,3-4H2,2H3,(H,9,10). The molecule has 0 aromatic rings. The summed E-state index contributed by atoms with van der Waals surface area (Å²) in [6, 6.07) is 0. The number of hydrogen-bond donors (Lipinski definition) is 2. The van der Waals surface area contributed by atoms with Crippen LogP contribution in [0.25, 0.3) is 0 Å². The van der Waals surface area contributed by atoms with E-state index < -0.39 is 5.97 Å². The average Bonchev–Trinajstić information content (AvgIpc) is 1.58. The molecular weight excluding hydrogens is 134 g/mol. The molecule has 0 atom stereocenters. The van der Waals surface area contributed by atoms with Crippen molar-refractivity contribution in [3.05, 3.63) is 12.3 Å². The molecule has 4 nitrogen and oxygen atoms in total. The smallest absolute Gasteiger partial charge is 0.317 e. The van der Waals surface area contributed by atoms with E-state index in [4.69, 9.17) is 10.2 Å². The number of hydrogen-bond acceptors (Lipinski definition) is 3. The van der Waals surface area contributed by atoms with Gasteiger partial charge in [0.25, 0.3) is 0 Å². The minimum atomic E-state index is -0.913. The van der Waals surface area contributed by atoms with E-state index in [0.29, 0.717) is 0 Å². The molecule has 0 unspecified atom stereocenters. The molecule has 0 saturated heterocycles. The zero-order valence-electron chi connectivity index (χ0n) is 5.87. The van der Waals surface area contributed by atoms with Gasteiger partial charge in [0.2, 0.25) is 0 Å². The lowest BCUT2D eigenvalue weighted by Crippen LogP contribution is -2.27. The molecule has 0 saturated carbocycles. The van der Waals surface area contributed by atoms with Crippen molar-refractivity contribution >= 4 is 5.97 Å². The van der Waals surface area contributed by atoms with Gasteiger partial charge in [0.1, 0.15) is 0 Å². The summed E-state index contributed by atoms with van der Waals surface area (Å²) < 4.78 is 0. The maximum Gasteiger partial charge on any atom is 0.317 e. The summed E-state index contributed by atoms with van der Waals surface area (Å²) in [4.78, 5) is 11.5. The maximum atomic E-state index is 10.0. The molecule has 0 amide bonds. The summed E-state index contributed by atoms with van der Waals surface area (Å²) in [5.41, 5.74) is 0. The van der Waals surface area contributed by atoms with E-state index in [2.05, 4.69) is 6.58 Å². The van der Waals surface area contributed by atoms with Crippen molar-refractivity contribution in [1.82, 2.24) is 4.90 Å². The Morgan fingerprint density at radius 2 is 2.00 bits per heavy atom. The summed E-state index contributed by atoms with van der Waals surface area (Å²) in [6.07, 6.45) is 0. The Bertz CT molecular complexity index is 128. The van der Waals surface area contributed by atoms with Crippen LogP contribution in [0.1, 0.15) is 0 Å². The summed E-state index contributed by atoms with van der Waals surface area (Å²) >= 11 is 0. The predicted octanol–water partition coefficient (Wildman–Crippen LogP) is 0.0745. The monoisotopic (exact) mass is 145 g/mol. The first kappa shape index (κ1) is 8.97. The lowest BCUT2D eigenvalue weighted by atomic mass is 10.5. The number of aliphatic hydroxyl groups excluding tert-OH is 1. The minimum Gasteiger partial charge on any atom is -0.512 e. The quantitative estimate of drug-likeness (QED) is 0.550. The van der Waals surface area contributed by atoms with Crippen molar-refractivity contribution in [2.75, 3.05) is 20.1 Å². The van der Waals surface area contributed by atoms with Gasteiger partial charge in [-0.25, -0.2) is 0 Å². The van der Waals surface area contributed by atoms with E-state index in [0.717, 1.165) is 0 Å². The van der Waals surface area contributed by atoms with Crippen molar-refractivity contribution in [1.29, 1.82) is 0 Å². The SMILES string of the molecule is C=C(O)CN(C)CC(=O)O. The summed E-state index contributed by atoms with van der Waals surface area (Å²) in [5.74, 6) is -0.937. The van der Waals surface area contributed by atoms with Gasteiger partial charge in [-0.1, -0.05) is 6.58 Å². The van der Waals surface area contributed by atoms with Crippen LogP contribution in [0.5, 0.6) is 0 Å². The Balaban J connectivity index is 3.53. The highest BCUT2D eigenvalue weighted by molar-refractivity contribution is 5.69. The van der Waals surface area contributed by atoms with Crippen LogP contribution in [0.3, 0.4) is 0 Å². The van der Waals surface area contributed by atoms with Gasteiger partial charge in [-0.2, -0.15) is 0 Å². The first-order valence-corrected chi connectivity index (χ1v) is 2.79. The maximum absolute atomic E-state index is 10.0. The Morgan fingerprint density at radius 1 is 1.50 bits per heavy atom. The molecule has 0 radical (unpaired) electrons. The summed E-state index contributed by atoms with van der Waals surface area (Å²) in [5, 5.41) is 16.9. The second-order valence-corrected chi connectivity index (χ2v) is 2.13. The average molecular weight is 145 g/mol. The first-order chi connectivity index (χ1) is 4.52. The molecule has 0 aliphatic carbocycles. The molecule has 0 rings (SSSR count). The van der Waals surface area contributed by atoms with Gasteiger partial charge in [-0.3, -0.25) is 9.69 Å². The molecule has 0 aromatic heterocycles. The Hall–Kier alpha value is -1.03. The Morgan fingerprint density at radius 3 is 2.30 bits per heavy atom. The highest BCUT2D eigenvalue weighted by Crippen LogP contribution is 1.87. The number of carboxylic acids is 1. The van der Waals surface area contributed by atoms with Crippen LogP contribution in [-0.2, 0) is 4.79 Å². The van der Waals surface area contributed by atoms with Gasteiger partial charge in [-0.15, -0.1) is 0 Å². The van der Waals surface area contributed by atoms with Crippen LogP contribution in [0.4, 0.5) is 0 Å². The second-order valence-electron chi connectivity index (χ2n) is 2.13. The number of nitrogens with zero attached hydrogens (tertiary/aromatic N) is 1. The van der Waals surface area contributed by atoms with Crippen LogP contribution in [0.15, 0.2) is 12.3 Å². The normalized spacial score (nSPS) is 9.80. The molecule has 0 aliphatic heterocycles. The van der Waals surface area contributed by atoms with E-state index in [-0.39, 0.29) is 18.8 Å². The number of aliphatic hydroxyl groups is 1. The van der Waals surface area contributed by atoms with E-state index >= 15 is 0 Å². The summed E-state index contributed by atoms with van der Waals surface area (Å²) in [6.45, 7) is 3.34. The molecule has 10 heavy (non-hydrogen) atoms. The van der Waals surface area contributed by atoms with Crippen molar-refractivity contribution in [2.45, 2.75) is 0 Å². The van der Waals surface area contributed by atoms with Gasteiger partial charge in [0.05, 0.1) is 18.8 Å². The van der Waals surface area contributed by atoms with E-state index in [9.17, 15) is 4.79 Å². The number of aliphatic carboxylic acids is 1. The predicted molar refractivity (Wildman–Crippen MR) is 36.9 cm³/mol. The molecule has 0 bridgehead atoms. The first-order valence-electron chi connectivity index (χ1n) is 2.79. The third-order valence-corrected chi connectivity index (χ3v) is 0.858. The lowest BCUT2D eigenvalue weighted by molar-refractivity contribution is -0.137. The molecule has 2 N–H and O–H groups in total. The minimum absolute atomic E-state index is 0.0243. The van der Waals surface area contributed by atoms with Crippen molar-refractivity contribution in [2.24, 2.45) is 0 Å². The van der Waals surface area contributed by atoms with Gasteiger partial charge >= 0.3 is 5.97 Å². The van der Waals surface area contributed by atoms with Crippen molar-refractivity contribution < 1.29 is 15.0 Å². The summed E-state index contributed by atoms with van der Waals surface area (Å²) in [7, 11) is 1.59. The largest absolute Gasteiger partial charge is 0.512 e. The van der Waals surface area contributed by atoms with Crippen LogP contribution in [0, 0.1) is 0 Å². The Labute approximate surface area is 59.4 Å². The zero-order valence-corrected chi connectivity index (χ0v) is 5.87. The number of carbonyl (C=O) groups is 1. The molecule has 4 heteroatoms. The topological polar surface area (TPSA) is 60.8 Å². The molecule has 0 aromatic carbocycles. The van der Waals surface area contributed by atoms with Gasteiger partial charge in [0, 0.05) is 0 Å². The number of likely N-dealkylation sites (N-methyl/N-ethyl adjacent to an activating group) is 1. The lowest BCUT2D eigenvalue weighted by Gasteiger charge is -2.11. The van der Waals surface area contributed by atoms with E-state index in [1.54, 1.807) is 7.05 Å². The van der Waals surface area contributed by atoms with Crippen LogP contribution >= 0.6 is 0 Å². The molecular formula is C6H11NO3. The molecule has 0 fully saturated rings. The highest BCUT2D eigenvalue weighted by Gasteiger charge is 2.03. The fraction of sp³-hybridized carbons (Fsp3) is 0.500. The van der Waals surface area contributed by atoms with Crippen molar-refractivity contribution in [3.63, 3.8) is 0 Å². The third kappa shape index (κ3) is 5.11. The fourth-order valence-corrected chi connectivity index (χ4v) is 0.598. The van der Waals surface area contributed by atoms with Crippen LogP contribution in [0.2, 0.25) is 0 Å². The van der Waals surface area contributed by atoms with E-state index in [1.165, 1.54) is 4.90 Å². The van der Waals surface area contributed by atoms with Crippen LogP contribution in [-0.4, -0.2) is 41.2 Å². The second kappa shape index (κ2) is 3.90. The van der Waals surface area contributed by atoms with E-state index in [1.807, 2.05) is 0 Å². The van der Waals surface area contributed by atoms with Gasteiger partial charge < -0.3 is 10.2 Å². The highest BCUT2D eigenvalue weighted by atomic mass is 16.4. The Kier molecular flexibility index (Phi) is 3.49. The van der Waals surface area contributed by atoms with Crippen molar-refractivity contribution in [3.8, 4) is 0 Å². The van der Waals surface area contributed by atoms with Crippen LogP contribution < -0.4 is 0 Å². The zero-order chi connectivity index (χ0) is 8.15. The van der Waals surface area contributed by atoms with Gasteiger partial charge in [-0.05, 0) is 7.05 Å². The van der Waals surface area contributed by atoms with Gasteiger partial charge in [0.15, 0.2) is 0 Å². The third-order valence-electron chi connectivity index (χ3n) is 0.858. The molecule has 0 spiro atoms. The number of rotatable bonds is 4. The number of carboxylic acid groups (broad SMARTS) is 1. The fourth-order valence-electron chi connectivity index (χ4n) is 0.598. The molecule has 0 aliphatic rings. The molecule has 58 valence electrons.